The number of rotatable bonds is 7. The molecular weight excluding hydrogens is 399 g/mol. The zero-order chi connectivity index (χ0) is 21.8. The Labute approximate surface area is 179 Å². The normalized spacial score (nSPS) is 18.8. The first-order valence-corrected chi connectivity index (χ1v) is 10.7. The Balaban J connectivity index is 1.42. The quantitative estimate of drug-likeness (QED) is 0.627. The molecule has 0 unspecified atom stereocenters. The van der Waals surface area contributed by atoms with Crippen LogP contribution < -0.4 is 15.7 Å². The Morgan fingerprint density at radius 1 is 1.16 bits per heavy atom. The molecule has 164 valence electrons. The number of nitrogens with zero attached hydrogens (tertiary/aromatic N) is 3. The minimum absolute atomic E-state index is 0.00581. The summed E-state index contributed by atoms with van der Waals surface area (Å²) in [7, 11) is 1.75. The van der Waals surface area contributed by atoms with E-state index in [2.05, 4.69) is 10.3 Å². The number of benzene rings is 1. The fourth-order valence-corrected chi connectivity index (χ4v) is 4.36. The highest BCUT2D eigenvalue weighted by Crippen LogP contribution is 2.31. The summed E-state index contributed by atoms with van der Waals surface area (Å²) in [5.74, 6) is 0.903. The second kappa shape index (κ2) is 9.32. The van der Waals surface area contributed by atoms with Crippen LogP contribution >= 0.6 is 0 Å². The van der Waals surface area contributed by atoms with Gasteiger partial charge in [0, 0.05) is 43.7 Å². The van der Waals surface area contributed by atoms with Crippen molar-refractivity contribution in [2.75, 3.05) is 18.6 Å². The lowest BCUT2D eigenvalue weighted by atomic mass is 9.81. The second-order valence-corrected chi connectivity index (χ2v) is 8.08. The lowest BCUT2D eigenvalue weighted by Crippen LogP contribution is -2.30. The molecule has 0 radical (unpaired) electrons. The van der Waals surface area contributed by atoms with Crippen LogP contribution in [-0.4, -0.2) is 33.3 Å². The highest BCUT2D eigenvalue weighted by atomic mass is 19.1. The highest BCUT2D eigenvalue weighted by molar-refractivity contribution is 5.92. The third-order valence-electron chi connectivity index (χ3n) is 6.07. The van der Waals surface area contributed by atoms with E-state index in [4.69, 9.17) is 4.74 Å². The van der Waals surface area contributed by atoms with Crippen molar-refractivity contribution in [1.82, 2.24) is 14.1 Å². The van der Waals surface area contributed by atoms with Crippen molar-refractivity contribution in [1.29, 1.82) is 0 Å². The van der Waals surface area contributed by atoms with Crippen LogP contribution in [0.4, 0.5) is 10.1 Å². The number of imidazole rings is 1. The minimum atomic E-state index is -0.558. The number of hydrogen-bond donors (Lipinski definition) is 1. The third kappa shape index (κ3) is 4.62. The second-order valence-electron chi connectivity index (χ2n) is 8.08. The van der Waals surface area contributed by atoms with Crippen LogP contribution in [0.1, 0.15) is 25.7 Å². The third-order valence-corrected chi connectivity index (χ3v) is 6.07. The number of anilines is 1. The van der Waals surface area contributed by atoms with E-state index in [9.17, 15) is 14.0 Å². The van der Waals surface area contributed by atoms with E-state index < -0.39 is 6.67 Å². The fourth-order valence-electron chi connectivity index (χ4n) is 4.36. The molecule has 0 atom stereocenters. The smallest absolute Gasteiger partial charge is 0.328 e. The molecule has 8 heteroatoms. The van der Waals surface area contributed by atoms with Gasteiger partial charge in [-0.1, -0.05) is 0 Å². The van der Waals surface area contributed by atoms with Gasteiger partial charge in [0.1, 0.15) is 19.0 Å². The summed E-state index contributed by atoms with van der Waals surface area (Å²) in [5.41, 5.74) is 2.30. The zero-order valence-corrected chi connectivity index (χ0v) is 17.6. The van der Waals surface area contributed by atoms with E-state index in [1.54, 1.807) is 52.8 Å². The van der Waals surface area contributed by atoms with Gasteiger partial charge in [-0.25, -0.2) is 9.18 Å². The molecule has 1 N–H and O–H groups in total. The van der Waals surface area contributed by atoms with E-state index in [0.717, 1.165) is 42.4 Å². The maximum atomic E-state index is 12.8. The molecule has 0 spiro atoms. The summed E-state index contributed by atoms with van der Waals surface area (Å²) >= 11 is 0. The van der Waals surface area contributed by atoms with Crippen molar-refractivity contribution >= 4 is 22.6 Å². The largest absolute Gasteiger partial charge is 0.491 e. The number of aryl methyl sites for hydroxylation is 1. The number of ether oxygens (including phenoxy) is 1. The molecule has 1 aromatic carbocycles. The first kappa shape index (κ1) is 21.1. The predicted octanol–water partition coefficient (Wildman–Crippen LogP) is 3.53. The number of nitrogens with one attached hydrogen (secondary N) is 1. The van der Waals surface area contributed by atoms with Crippen LogP contribution in [-0.2, 0) is 18.4 Å². The van der Waals surface area contributed by atoms with E-state index in [0.29, 0.717) is 18.2 Å². The lowest BCUT2D eigenvalue weighted by molar-refractivity contribution is -0.121. The van der Waals surface area contributed by atoms with Gasteiger partial charge in [0.15, 0.2) is 0 Å². The zero-order valence-electron chi connectivity index (χ0n) is 17.6. The van der Waals surface area contributed by atoms with Gasteiger partial charge in [-0.15, -0.1) is 0 Å². The van der Waals surface area contributed by atoms with Gasteiger partial charge >= 0.3 is 5.69 Å². The average Bonchev–Trinajstić information content (AvgIpc) is 3.03. The molecule has 0 bridgehead atoms. The summed E-state index contributed by atoms with van der Waals surface area (Å²) in [6.45, 7) is 0.0349. The van der Waals surface area contributed by atoms with Gasteiger partial charge < -0.3 is 10.1 Å². The summed E-state index contributed by atoms with van der Waals surface area (Å²) in [5, 5.41) is 2.96. The van der Waals surface area contributed by atoms with Gasteiger partial charge in [0.2, 0.25) is 5.91 Å². The van der Waals surface area contributed by atoms with Crippen LogP contribution in [0.25, 0.3) is 11.0 Å². The number of aromatic nitrogens is 3. The van der Waals surface area contributed by atoms with Crippen LogP contribution in [0.3, 0.4) is 0 Å². The van der Waals surface area contributed by atoms with Crippen LogP contribution in [0.5, 0.6) is 5.75 Å². The number of alkyl halides is 1. The molecule has 2 heterocycles. The minimum Gasteiger partial charge on any atom is -0.491 e. The number of carbonyl (C=O) groups excluding carboxylic acids is 1. The molecule has 1 fully saturated rings. The summed E-state index contributed by atoms with van der Waals surface area (Å²) in [4.78, 5) is 29.3. The Hall–Kier alpha value is -3.16. The monoisotopic (exact) mass is 426 g/mol. The standard InChI is InChI=1S/C23H27FN4O3/c1-27-20-7-6-19(31-13-10-24)14-21(20)28(23(27)30)15-16-2-4-17(5-3-16)22(29)26-18-8-11-25-12-9-18/h6-9,11-12,14,16-17H,2-5,10,13,15H2,1H3,(H,25,26,29). The van der Waals surface area contributed by atoms with Gasteiger partial charge in [0.05, 0.1) is 11.0 Å². The molecule has 0 aliphatic heterocycles. The Kier molecular flexibility index (Phi) is 6.34. The van der Waals surface area contributed by atoms with Crippen molar-refractivity contribution in [2.24, 2.45) is 18.9 Å². The molecule has 0 saturated heterocycles. The van der Waals surface area contributed by atoms with Crippen molar-refractivity contribution in [3.63, 3.8) is 0 Å². The average molecular weight is 426 g/mol. The molecule has 1 amide bonds. The highest BCUT2D eigenvalue weighted by Gasteiger charge is 2.27. The van der Waals surface area contributed by atoms with Crippen molar-refractivity contribution < 1.29 is 13.9 Å². The molecule has 3 aromatic rings. The topological polar surface area (TPSA) is 78.2 Å². The number of hydrogen-bond acceptors (Lipinski definition) is 4. The van der Waals surface area contributed by atoms with Crippen molar-refractivity contribution in [3.05, 3.63) is 53.2 Å². The van der Waals surface area contributed by atoms with Gasteiger partial charge in [0.25, 0.3) is 0 Å². The lowest BCUT2D eigenvalue weighted by Gasteiger charge is -2.28. The molecule has 7 nitrogen and oxygen atoms in total. The van der Waals surface area contributed by atoms with E-state index in [1.165, 1.54) is 0 Å². The molecule has 1 saturated carbocycles. The molecule has 1 aliphatic rings. The summed E-state index contributed by atoms with van der Waals surface area (Å²) in [6, 6.07) is 8.96. The van der Waals surface area contributed by atoms with Crippen LogP contribution in [0, 0.1) is 11.8 Å². The maximum absolute atomic E-state index is 12.8. The number of amides is 1. The number of fused-ring (bicyclic) bond motifs is 1. The Morgan fingerprint density at radius 2 is 1.90 bits per heavy atom. The molecule has 2 aromatic heterocycles. The molecule has 31 heavy (non-hydrogen) atoms. The first-order chi connectivity index (χ1) is 15.1. The van der Waals surface area contributed by atoms with Crippen LogP contribution in [0.2, 0.25) is 0 Å². The van der Waals surface area contributed by atoms with Crippen LogP contribution in [0.15, 0.2) is 47.5 Å². The molecule has 1 aliphatic carbocycles. The fraction of sp³-hybridized carbons (Fsp3) is 0.435. The van der Waals surface area contributed by atoms with Gasteiger partial charge in [-0.3, -0.25) is 18.9 Å². The maximum Gasteiger partial charge on any atom is 0.328 e. The Bertz CT molecular complexity index is 1100. The summed E-state index contributed by atoms with van der Waals surface area (Å²) in [6.07, 6.45) is 6.67. The Morgan fingerprint density at radius 3 is 2.61 bits per heavy atom. The summed E-state index contributed by atoms with van der Waals surface area (Å²) < 4.78 is 21.2. The predicted molar refractivity (Wildman–Crippen MR) is 117 cm³/mol. The van der Waals surface area contributed by atoms with Crippen molar-refractivity contribution in [2.45, 2.75) is 32.2 Å². The SMILES string of the molecule is Cn1c(=O)n(CC2CCC(C(=O)Nc3ccncc3)CC2)c2cc(OCCF)ccc21. The van der Waals surface area contributed by atoms with Gasteiger partial charge in [-0.2, -0.15) is 0 Å². The first-order valence-electron chi connectivity index (χ1n) is 10.7. The number of carbonyl (C=O) groups is 1. The van der Waals surface area contributed by atoms with E-state index in [1.807, 2.05) is 6.07 Å². The molecular formula is C23H27FN4O3. The van der Waals surface area contributed by atoms with E-state index >= 15 is 0 Å². The van der Waals surface area contributed by atoms with Crippen molar-refractivity contribution in [3.8, 4) is 5.75 Å². The van der Waals surface area contributed by atoms with E-state index in [-0.39, 0.29) is 24.1 Å². The number of pyridine rings is 1. The molecule has 4 rings (SSSR count). The van der Waals surface area contributed by atoms with Gasteiger partial charge in [-0.05, 0) is 55.9 Å². The number of halogens is 1.